The molecule has 1 aromatic heterocycles. The molecule has 2 atom stereocenters. The van der Waals surface area contributed by atoms with Gasteiger partial charge >= 0.3 is 0 Å². The Morgan fingerprint density at radius 1 is 1.23 bits per heavy atom. The van der Waals surface area contributed by atoms with E-state index in [0.717, 1.165) is 11.3 Å². The van der Waals surface area contributed by atoms with Crippen LogP contribution in [0.25, 0.3) is 0 Å². The van der Waals surface area contributed by atoms with Crippen LogP contribution in [0, 0.1) is 0 Å². The third kappa shape index (κ3) is 4.50. The first-order chi connectivity index (χ1) is 10.5. The van der Waals surface area contributed by atoms with E-state index in [1.54, 1.807) is 18.4 Å². The van der Waals surface area contributed by atoms with Crippen molar-refractivity contribution in [2.24, 2.45) is 0 Å². The van der Waals surface area contributed by atoms with Crippen molar-refractivity contribution in [3.8, 4) is 0 Å². The second-order valence-electron chi connectivity index (χ2n) is 5.07. The van der Waals surface area contributed by atoms with E-state index in [4.69, 9.17) is 27.6 Å². The third-order valence-corrected chi connectivity index (χ3v) is 3.91. The van der Waals surface area contributed by atoms with Crippen LogP contribution in [0.4, 0.5) is 0 Å². The Morgan fingerprint density at radius 3 is 2.64 bits per heavy atom. The molecule has 0 spiro atoms. The van der Waals surface area contributed by atoms with Crippen LogP contribution in [-0.2, 0) is 4.79 Å². The molecule has 0 saturated heterocycles. The van der Waals surface area contributed by atoms with Crippen molar-refractivity contribution in [2.45, 2.75) is 25.9 Å². The fourth-order valence-corrected chi connectivity index (χ4v) is 2.68. The van der Waals surface area contributed by atoms with Crippen LogP contribution in [0.3, 0.4) is 0 Å². The molecule has 118 valence electrons. The highest BCUT2D eigenvalue weighted by atomic mass is 35.5. The summed E-state index contributed by atoms with van der Waals surface area (Å²) >= 11 is 12.0. The number of hydrogen-bond acceptors (Lipinski definition) is 3. The molecule has 6 heteroatoms. The molecule has 4 nitrogen and oxygen atoms in total. The average molecular weight is 341 g/mol. The molecule has 0 aliphatic rings. The van der Waals surface area contributed by atoms with Crippen LogP contribution < -0.4 is 10.6 Å². The van der Waals surface area contributed by atoms with Gasteiger partial charge in [-0.25, -0.2) is 0 Å². The summed E-state index contributed by atoms with van der Waals surface area (Å²) in [6.45, 7) is 4.01. The van der Waals surface area contributed by atoms with Gasteiger partial charge in [0.15, 0.2) is 0 Å². The van der Waals surface area contributed by atoms with Crippen molar-refractivity contribution in [3.63, 3.8) is 0 Å². The van der Waals surface area contributed by atoms with Gasteiger partial charge in [-0.3, -0.25) is 10.1 Å². The van der Waals surface area contributed by atoms with Crippen LogP contribution in [-0.4, -0.2) is 12.5 Å². The van der Waals surface area contributed by atoms with E-state index in [1.807, 2.05) is 32.0 Å². The van der Waals surface area contributed by atoms with Crippen molar-refractivity contribution in [3.05, 3.63) is 58.0 Å². The maximum Gasteiger partial charge on any atom is 0.234 e. The Labute approximate surface area is 139 Å². The van der Waals surface area contributed by atoms with Gasteiger partial charge in [-0.1, -0.05) is 29.3 Å². The number of furan rings is 1. The van der Waals surface area contributed by atoms with Crippen molar-refractivity contribution < 1.29 is 9.21 Å². The van der Waals surface area contributed by atoms with Gasteiger partial charge in [0.1, 0.15) is 5.76 Å². The van der Waals surface area contributed by atoms with Gasteiger partial charge < -0.3 is 9.73 Å². The van der Waals surface area contributed by atoms with E-state index in [9.17, 15) is 4.79 Å². The molecule has 0 fully saturated rings. The summed E-state index contributed by atoms with van der Waals surface area (Å²) in [6, 6.07) is 8.69. The first-order valence-corrected chi connectivity index (χ1v) is 7.74. The minimum absolute atomic E-state index is 0.0322. The zero-order chi connectivity index (χ0) is 16.1. The Kier molecular flexibility index (Phi) is 5.89. The predicted molar refractivity (Wildman–Crippen MR) is 88.1 cm³/mol. The standard InChI is InChI=1S/C16H18Cl2N2O2/c1-10(13-6-5-12(17)8-14(13)18)20-16(21)9-19-11(2)15-4-3-7-22-15/h3-8,10-11,19H,9H2,1-2H3,(H,20,21)/t10-,11-/m0/s1. The number of carbonyl (C=O) groups excluding carboxylic acids is 1. The molecular formula is C16H18Cl2N2O2. The van der Waals surface area contributed by atoms with Crippen molar-refractivity contribution in [2.75, 3.05) is 6.54 Å². The summed E-state index contributed by atoms with van der Waals surface area (Å²) in [4.78, 5) is 12.0. The largest absolute Gasteiger partial charge is 0.468 e. The molecule has 0 aliphatic carbocycles. The molecule has 1 amide bonds. The normalized spacial score (nSPS) is 13.6. The Balaban J connectivity index is 1.86. The van der Waals surface area contributed by atoms with Gasteiger partial charge in [-0.2, -0.15) is 0 Å². The predicted octanol–water partition coefficient (Wildman–Crippen LogP) is 4.11. The van der Waals surface area contributed by atoms with E-state index in [1.165, 1.54) is 0 Å². The number of benzene rings is 1. The third-order valence-electron chi connectivity index (χ3n) is 3.35. The first kappa shape index (κ1) is 16.9. The quantitative estimate of drug-likeness (QED) is 0.831. The molecule has 1 heterocycles. The average Bonchev–Trinajstić information content (AvgIpc) is 2.98. The number of amides is 1. The number of carbonyl (C=O) groups is 1. The first-order valence-electron chi connectivity index (χ1n) is 6.98. The number of halogens is 2. The van der Waals surface area contributed by atoms with Crippen LogP contribution in [0.15, 0.2) is 41.0 Å². The maximum absolute atomic E-state index is 12.0. The van der Waals surface area contributed by atoms with Crippen LogP contribution >= 0.6 is 23.2 Å². The molecule has 0 radical (unpaired) electrons. The van der Waals surface area contributed by atoms with E-state index in [2.05, 4.69) is 10.6 Å². The summed E-state index contributed by atoms with van der Waals surface area (Å²) in [7, 11) is 0. The molecule has 0 saturated carbocycles. The maximum atomic E-state index is 12.0. The molecular weight excluding hydrogens is 323 g/mol. The fourth-order valence-electron chi connectivity index (χ4n) is 2.11. The number of nitrogens with one attached hydrogen (secondary N) is 2. The molecule has 2 aromatic rings. The molecule has 2 N–H and O–H groups in total. The Morgan fingerprint density at radius 2 is 2.00 bits per heavy atom. The lowest BCUT2D eigenvalue weighted by molar-refractivity contribution is -0.121. The van der Waals surface area contributed by atoms with Crippen LogP contribution in [0.2, 0.25) is 10.0 Å². The number of rotatable bonds is 6. The van der Waals surface area contributed by atoms with Crippen molar-refractivity contribution >= 4 is 29.1 Å². The molecule has 2 rings (SSSR count). The highest BCUT2D eigenvalue weighted by molar-refractivity contribution is 6.35. The van der Waals surface area contributed by atoms with Gasteiger partial charge in [0, 0.05) is 10.0 Å². The SMILES string of the molecule is C[C@H](NCC(=O)N[C@@H](C)c1ccc(Cl)cc1Cl)c1ccco1. The Bertz CT molecular complexity index is 629. The molecule has 0 aliphatic heterocycles. The van der Waals surface area contributed by atoms with Gasteiger partial charge in [-0.15, -0.1) is 0 Å². The lowest BCUT2D eigenvalue weighted by atomic mass is 10.1. The van der Waals surface area contributed by atoms with E-state index < -0.39 is 0 Å². The lowest BCUT2D eigenvalue weighted by Gasteiger charge is -2.17. The molecule has 0 unspecified atom stereocenters. The van der Waals surface area contributed by atoms with Gasteiger partial charge in [0.05, 0.1) is 24.9 Å². The Hall–Kier alpha value is -1.49. The van der Waals surface area contributed by atoms with E-state index in [-0.39, 0.29) is 24.5 Å². The summed E-state index contributed by atoms with van der Waals surface area (Å²) in [5.74, 6) is 0.679. The summed E-state index contributed by atoms with van der Waals surface area (Å²) in [5.41, 5.74) is 0.832. The summed E-state index contributed by atoms with van der Waals surface area (Å²) in [5, 5.41) is 7.11. The minimum atomic E-state index is -0.196. The van der Waals surface area contributed by atoms with E-state index >= 15 is 0 Å². The monoisotopic (exact) mass is 340 g/mol. The zero-order valence-electron chi connectivity index (χ0n) is 12.4. The van der Waals surface area contributed by atoms with Crippen LogP contribution in [0.5, 0.6) is 0 Å². The van der Waals surface area contributed by atoms with Crippen LogP contribution in [0.1, 0.15) is 37.3 Å². The summed E-state index contributed by atoms with van der Waals surface area (Å²) < 4.78 is 5.28. The van der Waals surface area contributed by atoms with Crippen molar-refractivity contribution in [1.29, 1.82) is 0 Å². The van der Waals surface area contributed by atoms with Gasteiger partial charge in [-0.05, 0) is 43.7 Å². The summed E-state index contributed by atoms with van der Waals surface area (Å²) in [6.07, 6.45) is 1.61. The second kappa shape index (κ2) is 7.68. The molecule has 1 aromatic carbocycles. The zero-order valence-corrected chi connectivity index (χ0v) is 13.9. The van der Waals surface area contributed by atoms with Gasteiger partial charge in [0.2, 0.25) is 5.91 Å². The molecule has 0 bridgehead atoms. The second-order valence-corrected chi connectivity index (χ2v) is 5.92. The highest BCUT2D eigenvalue weighted by Crippen LogP contribution is 2.25. The highest BCUT2D eigenvalue weighted by Gasteiger charge is 2.14. The molecule has 22 heavy (non-hydrogen) atoms. The van der Waals surface area contributed by atoms with Crippen molar-refractivity contribution in [1.82, 2.24) is 10.6 Å². The topological polar surface area (TPSA) is 54.3 Å². The minimum Gasteiger partial charge on any atom is -0.468 e. The fraction of sp³-hybridized carbons (Fsp3) is 0.312. The smallest absolute Gasteiger partial charge is 0.234 e. The lowest BCUT2D eigenvalue weighted by Crippen LogP contribution is -2.36. The van der Waals surface area contributed by atoms with Gasteiger partial charge in [0.25, 0.3) is 0 Å². The number of hydrogen-bond donors (Lipinski definition) is 2. The van der Waals surface area contributed by atoms with E-state index in [0.29, 0.717) is 10.0 Å².